The number of methoxy groups -OCH3 is 1. The summed E-state index contributed by atoms with van der Waals surface area (Å²) in [7, 11) is 1.68. The lowest BCUT2D eigenvalue weighted by Gasteiger charge is -2.32. The van der Waals surface area contributed by atoms with Crippen LogP contribution in [-0.4, -0.2) is 19.6 Å². The van der Waals surface area contributed by atoms with Gasteiger partial charge in [-0.3, -0.25) is 4.79 Å². The quantitative estimate of drug-likeness (QED) is 0.821. The average molecular weight is 348 g/mol. The normalized spacial score (nSPS) is 19.4. The smallest absolute Gasteiger partial charge is 0.224 e. The van der Waals surface area contributed by atoms with Crippen molar-refractivity contribution in [1.29, 1.82) is 5.26 Å². The van der Waals surface area contributed by atoms with Gasteiger partial charge in [0, 0.05) is 5.92 Å². The summed E-state index contributed by atoms with van der Waals surface area (Å²) < 4.78 is 5.61. The molecule has 0 radical (unpaired) electrons. The third-order valence-corrected chi connectivity index (χ3v) is 5.18. The van der Waals surface area contributed by atoms with Gasteiger partial charge in [-0.25, -0.2) is 0 Å². The molecule has 1 aliphatic rings. The standard InChI is InChI=1S/C22H24N2O2/c1-26-21-12-11-17(16-7-3-2-4-8-16)15-20(21)18-9-5-6-10-19(18)22(25)24-14-13-23/h2-4,7-8,11-12,15,18-19H,5-6,9-10,14H2,1H3,(H,24,25). The van der Waals surface area contributed by atoms with Crippen molar-refractivity contribution in [3.05, 3.63) is 54.1 Å². The Morgan fingerprint density at radius 1 is 1.15 bits per heavy atom. The van der Waals surface area contributed by atoms with Crippen LogP contribution >= 0.6 is 0 Å². The molecule has 1 saturated carbocycles. The van der Waals surface area contributed by atoms with Crippen LogP contribution in [0.3, 0.4) is 0 Å². The largest absolute Gasteiger partial charge is 0.496 e. The molecule has 1 amide bonds. The minimum atomic E-state index is -0.114. The molecule has 4 nitrogen and oxygen atoms in total. The number of amides is 1. The molecule has 3 rings (SSSR count). The second-order valence-electron chi connectivity index (χ2n) is 6.70. The molecule has 134 valence electrons. The van der Waals surface area contributed by atoms with Crippen LogP contribution in [0, 0.1) is 17.2 Å². The number of nitrogens with zero attached hydrogens (tertiary/aromatic N) is 1. The number of carbonyl (C=O) groups is 1. The van der Waals surface area contributed by atoms with Crippen molar-refractivity contribution in [3.8, 4) is 22.9 Å². The average Bonchev–Trinajstić information content (AvgIpc) is 2.72. The summed E-state index contributed by atoms with van der Waals surface area (Å²) in [4.78, 5) is 12.6. The number of nitriles is 1. The first-order valence-electron chi connectivity index (χ1n) is 9.12. The molecule has 26 heavy (non-hydrogen) atoms. The zero-order valence-electron chi connectivity index (χ0n) is 15.1. The molecule has 0 saturated heterocycles. The van der Waals surface area contributed by atoms with Crippen LogP contribution in [0.25, 0.3) is 11.1 Å². The highest BCUT2D eigenvalue weighted by molar-refractivity contribution is 5.80. The first-order valence-corrected chi connectivity index (χ1v) is 9.12. The van der Waals surface area contributed by atoms with Crippen LogP contribution < -0.4 is 10.1 Å². The van der Waals surface area contributed by atoms with Gasteiger partial charge in [-0.2, -0.15) is 5.26 Å². The fourth-order valence-corrected chi connectivity index (χ4v) is 3.91. The van der Waals surface area contributed by atoms with Crippen LogP contribution in [0.2, 0.25) is 0 Å². The third kappa shape index (κ3) is 3.88. The predicted octanol–water partition coefficient (Wildman–Crippen LogP) is 4.28. The third-order valence-electron chi connectivity index (χ3n) is 5.18. The van der Waals surface area contributed by atoms with Gasteiger partial charge >= 0.3 is 0 Å². The lowest BCUT2D eigenvalue weighted by atomic mass is 9.74. The molecule has 1 fully saturated rings. The van der Waals surface area contributed by atoms with Crippen molar-refractivity contribution >= 4 is 5.91 Å². The summed E-state index contributed by atoms with van der Waals surface area (Å²) in [5, 5.41) is 11.5. The molecule has 2 aromatic rings. The summed E-state index contributed by atoms with van der Waals surface area (Å²) in [5.41, 5.74) is 3.37. The molecule has 4 heteroatoms. The number of ether oxygens (including phenoxy) is 1. The first-order chi connectivity index (χ1) is 12.7. The van der Waals surface area contributed by atoms with E-state index in [1.165, 1.54) is 0 Å². The monoisotopic (exact) mass is 348 g/mol. The van der Waals surface area contributed by atoms with E-state index in [0.29, 0.717) is 0 Å². The number of rotatable bonds is 5. The zero-order valence-corrected chi connectivity index (χ0v) is 15.1. The Morgan fingerprint density at radius 2 is 1.92 bits per heavy atom. The van der Waals surface area contributed by atoms with Crippen LogP contribution in [0.15, 0.2) is 48.5 Å². The Morgan fingerprint density at radius 3 is 2.65 bits per heavy atom. The van der Waals surface area contributed by atoms with E-state index in [1.807, 2.05) is 30.3 Å². The zero-order chi connectivity index (χ0) is 18.4. The Labute approximate surface area is 154 Å². The SMILES string of the molecule is COc1ccc(-c2ccccc2)cc1C1CCCCC1C(=O)NCC#N. The number of nitrogens with one attached hydrogen (secondary N) is 1. The van der Waals surface area contributed by atoms with Crippen molar-refractivity contribution < 1.29 is 9.53 Å². The number of benzene rings is 2. The number of carbonyl (C=O) groups excluding carboxylic acids is 1. The minimum absolute atomic E-state index is 0.0246. The van der Waals surface area contributed by atoms with Crippen molar-refractivity contribution in [2.45, 2.75) is 31.6 Å². The Balaban J connectivity index is 1.96. The van der Waals surface area contributed by atoms with Crippen LogP contribution in [-0.2, 0) is 4.79 Å². The molecule has 2 unspecified atom stereocenters. The molecule has 2 aromatic carbocycles. The van der Waals surface area contributed by atoms with Gasteiger partial charge in [-0.05, 0) is 47.6 Å². The fourth-order valence-electron chi connectivity index (χ4n) is 3.91. The van der Waals surface area contributed by atoms with Crippen molar-refractivity contribution in [3.63, 3.8) is 0 Å². The predicted molar refractivity (Wildman–Crippen MR) is 102 cm³/mol. The summed E-state index contributed by atoms with van der Waals surface area (Å²) in [5.74, 6) is 0.802. The Hall–Kier alpha value is -2.80. The van der Waals surface area contributed by atoms with Crippen LogP contribution in [0.4, 0.5) is 0 Å². The lowest BCUT2D eigenvalue weighted by Crippen LogP contribution is -2.36. The van der Waals surface area contributed by atoms with Crippen molar-refractivity contribution in [2.75, 3.05) is 13.7 Å². The van der Waals surface area contributed by atoms with E-state index in [4.69, 9.17) is 10.00 Å². The van der Waals surface area contributed by atoms with Crippen molar-refractivity contribution in [1.82, 2.24) is 5.32 Å². The highest BCUT2D eigenvalue weighted by atomic mass is 16.5. The lowest BCUT2D eigenvalue weighted by molar-refractivity contribution is -0.126. The van der Waals surface area contributed by atoms with E-state index in [9.17, 15) is 4.79 Å². The highest BCUT2D eigenvalue weighted by Gasteiger charge is 2.33. The molecule has 2 atom stereocenters. The molecular formula is C22H24N2O2. The molecule has 0 heterocycles. The van der Waals surface area contributed by atoms with E-state index in [0.717, 1.165) is 48.1 Å². The maximum Gasteiger partial charge on any atom is 0.224 e. The van der Waals surface area contributed by atoms with Crippen molar-refractivity contribution in [2.24, 2.45) is 5.92 Å². The molecule has 0 spiro atoms. The molecule has 1 N–H and O–H groups in total. The Kier molecular flexibility index (Phi) is 5.91. The van der Waals surface area contributed by atoms with Gasteiger partial charge in [0.15, 0.2) is 0 Å². The van der Waals surface area contributed by atoms with E-state index in [-0.39, 0.29) is 24.3 Å². The maximum atomic E-state index is 12.6. The van der Waals surface area contributed by atoms with E-state index < -0.39 is 0 Å². The number of hydrogen-bond donors (Lipinski definition) is 1. The van der Waals surface area contributed by atoms with Crippen LogP contribution in [0.1, 0.15) is 37.2 Å². The first kappa shape index (κ1) is 18.0. The van der Waals surface area contributed by atoms with E-state index in [1.54, 1.807) is 7.11 Å². The molecule has 0 aliphatic heterocycles. The minimum Gasteiger partial charge on any atom is -0.496 e. The second kappa shape index (κ2) is 8.53. The molecule has 0 bridgehead atoms. The van der Waals surface area contributed by atoms with Gasteiger partial charge in [-0.1, -0.05) is 49.2 Å². The maximum absolute atomic E-state index is 12.6. The van der Waals surface area contributed by atoms with Gasteiger partial charge in [0.2, 0.25) is 5.91 Å². The van der Waals surface area contributed by atoms with E-state index >= 15 is 0 Å². The summed E-state index contributed by atoms with van der Waals surface area (Å²) in [6.07, 6.45) is 3.95. The Bertz CT molecular complexity index is 796. The summed E-state index contributed by atoms with van der Waals surface area (Å²) in [6, 6.07) is 18.4. The van der Waals surface area contributed by atoms with Gasteiger partial charge < -0.3 is 10.1 Å². The number of hydrogen-bond acceptors (Lipinski definition) is 3. The molecule has 0 aromatic heterocycles. The summed E-state index contributed by atoms with van der Waals surface area (Å²) in [6.45, 7) is 0.0588. The van der Waals surface area contributed by atoms with Gasteiger partial charge in [-0.15, -0.1) is 0 Å². The van der Waals surface area contributed by atoms with E-state index in [2.05, 4.69) is 29.6 Å². The fraction of sp³-hybridized carbons (Fsp3) is 0.364. The van der Waals surface area contributed by atoms with Crippen LogP contribution in [0.5, 0.6) is 5.75 Å². The summed E-state index contributed by atoms with van der Waals surface area (Å²) >= 11 is 0. The van der Waals surface area contributed by atoms with Gasteiger partial charge in [0.05, 0.1) is 13.2 Å². The molecular weight excluding hydrogens is 324 g/mol. The molecule has 1 aliphatic carbocycles. The van der Waals surface area contributed by atoms with Gasteiger partial charge in [0.1, 0.15) is 12.3 Å². The topological polar surface area (TPSA) is 62.1 Å². The highest BCUT2D eigenvalue weighted by Crippen LogP contribution is 2.43. The second-order valence-corrected chi connectivity index (χ2v) is 6.70. The van der Waals surface area contributed by atoms with Gasteiger partial charge in [0.25, 0.3) is 0 Å².